The third-order valence-electron chi connectivity index (χ3n) is 3.73. The second-order valence-electron chi connectivity index (χ2n) is 5.42. The predicted molar refractivity (Wildman–Crippen MR) is 81.7 cm³/mol. The van der Waals surface area contributed by atoms with E-state index in [4.69, 9.17) is 10.3 Å². The van der Waals surface area contributed by atoms with Gasteiger partial charge in [-0.15, -0.1) is 0 Å². The van der Waals surface area contributed by atoms with Gasteiger partial charge in [0.1, 0.15) is 11.5 Å². The van der Waals surface area contributed by atoms with E-state index in [1.807, 2.05) is 0 Å². The Morgan fingerprint density at radius 3 is 2.95 bits per heavy atom. The van der Waals surface area contributed by atoms with Gasteiger partial charge in [-0.05, 0) is 48.2 Å². The van der Waals surface area contributed by atoms with Crippen molar-refractivity contribution in [3.05, 3.63) is 45.5 Å². The van der Waals surface area contributed by atoms with E-state index in [-0.39, 0.29) is 5.91 Å². The van der Waals surface area contributed by atoms with Crippen LogP contribution < -0.4 is 11.3 Å². The maximum Gasteiger partial charge on any atom is 0.268 e. The minimum absolute atomic E-state index is 0.307. The number of hydrazine groups is 1. The van der Waals surface area contributed by atoms with Crippen LogP contribution in [0, 0.1) is 6.92 Å². The summed E-state index contributed by atoms with van der Waals surface area (Å²) in [6, 6.07) is 4.57. The molecule has 112 valence electrons. The lowest BCUT2D eigenvalue weighted by Crippen LogP contribution is -2.30. The zero-order chi connectivity index (χ0) is 14.8. The van der Waals surface area contributed by atoms with Crippen LogP contribution in [0.25, 0.3) is 0 Å². The van der Waals surface area contributed by atoms with Crippen LogP contribution in [-0.4, -0.2) is 16.8 Å². The topological polar surface area (TPSA) is 71.5 Å². The van der Waals surface area contributed by atoms with Gasteiger partial charge in [-0.1, -0.05) is 0 Å². The number of hydrogen-bond acceptors (Lipinski definition) is 5. The summed E-state index contributed by atoms with van der Waals surface area (Å²) < 4.78 is 5.71. The number of amides is 1. The van der Waals surface area contributed by atoms with E-state index in [9.17, 15) is 4.79 Å². The predicted octanol–water partition coefficient (Wildman–Crippen LogP) is 2.42. The number of rotatable bonds is 6. The molecule has 0 unspecified atom stereocenters. The number of thiophene rings is 1. The van der Waals surface area contributed by atoms with Gasteiger partial charge in [-0.2, -0.15) is 11.3 Å². The molecule has 0 aliphatic heterocycles. The third kappa shape index (κ3) is 3.34. The minimum Gasteiger partial charge on any atom is -0.464 e. The number of nitrogen functional groups attached to an aromatic ring is 1. The van der Waals surface area contributed by atoms with Gasteiger partial charge in [-0.3, -0.25) is 15.1 Å². The second kappa shape index (κ2) is 6.01. The monoisotopic (exact) mass is 305 g/mol. The highest BCUT2D eigenvalue weighted by Gasteiger charge is 2.30. The lowest BCUT2D eigenvalue weighted by molar-refractivity contribution is 0.0952. The van der Waals surface area contributed by atoms with Gasteiger partial charge >= 0.3 is 0 Å². The van der Waals surface area contributed by atoms with Crippen LogP contribution in [0.2, 0.25) is 0 Å². The van der Waals surface area contributed by atoms with Gasteiger partial charge in [0.15, 0.2) is 0 Å². The van der Waals surface area contributed by atoms with Crippen molar-refractivity contribution in [2.45, 2.75) is 38.9 Å². The summed E-state index contributed by atoms with van der Waals surface area (Å²) in [5.41, 5.74) is 3.99. The molecular weight excluding hydrogens is 286 g/mol. The van der Waals surface area contributed by atoms with Crippen LogP contribution >= 0.6 is 11.3 Å². The molecule has 0 atom stereocenters. The number of hydrogen-bond donors (Lipinski definition) is 2. The fourth-order valence-corrected chi connectivity index (χ4v) is 3.16. The average molecular weight is 305 g/mol. The Balaban J connectivity index is 1.72. The molecule has 1 amide bonds. The van der Waals surface area contributed by atoms with Gasteiger partial charge in [0.05, 0.1) is 12.1 Å². The normalized spacial score (nSPS) is 14.6. The van der Waals surface area contributed by atoms with E-state index in [1.165, 1.54) is 18.4 Å². The molecule has 2 aromatic rings. The summed E-state index contributed by atoms with van der Waals surface area (Å²) in [7, 11) is 0. The quantitative estimate of drug-likeness (QED) is 0.488. The smallest absolute Gasteiger partial charge is 0.268 e. The van der Waals surface area contributed by atoms with E-state index >= 15 is 0 Å². The van der Waals surface area contributed by atoms with E-state index in [0.717, 1.165) is 18.8 Å². The van der Waals surface area contributed by atoms with Crippen LogP contribution in [0.3, 0.4) is 0 Å². The molecule has 0 aromatic carbocycles. The number of nitrogens with one attached hydrogen (secondary N) is 1. The van der Waals surface area contributed by atoms with Gasteiger partial charge < -0.3 is 4.42 Å². The molecule has 2 aromatic heterocycles. The molecule has 3 rings (SSSR count). The molecule has 1 aliphatic carbocycles. The van der Waals surface area contributed by atoms with Crippen LogP contribution in [0.4, 0.5) is 0 Å². The van der Waals surface area contributed by atoms with Crippen molar-refractivity contribution in [2.24, 2.45) is 5.84 Å². The molecule has 3 N–H and O–H groups in total. The lowest BCUT2D eigenvalue weighted by Gasteiger charge is -2.20. The first kappa shape index (κ1) is 14.3. The summed E-state index contributed by atoms with van der Waals surface area (Å²) in [5, 5.41) is 4.28. The van der Waals surface area contributed by atoms with Gasteiger partial charge in [0.2, 0.25) is 0 Å². The zero-order valence-electron chi connectivity index (χ0n) is 12.0. The highest BCUT2D eigenvalue weighted by atomic mass is 32.1. The molecule has 5 nitrogen and oxygen atoms in total. The van der Waals surface area contributed by atoms with E-state index in [1.54, 1.807) is 24.3 Å². The van der Waals surface area contributed by atoms with Gasteiger partial charge in [-0.25, -0.2) is 5.84 Å². The molecule has 0 bridgehead atoms. The van der Waals surface area contributed by atoms with Crippen molar-refractivity contribution < 1.29 is 9.21 Å². The van der Waals surface area contributed by atoms with Crippen LogP contribution in [-0.2, 0) is 13.1 Å². The number of aryl methyl sites for hydroxylation is 1. The molecule has 0 saturated heterocycles. The Morgan fingerprint density at radius 2 is 2.33 bits per heavy atom. The minimum atomic E-state index is -0.307. The number of nitrogens with two attached hydrogens (primary N) is 1. The molecule has 1 aliphatic rings. The Kier molecular flexibility index (Phi) is 4.10. The second-order valence-corrected chi connectivity index (χ2v) is 6.20. The maximum atomic E-state index is 11.6. The van der Waals surface area contributed by atoms with Crippen molar-refractivity contribution >= 4 is 17.2 Å². The zero-order valence-corrected chi connectivity index (χ0v) is 12.8. The molecule has 1 saturated carbocycles. The number of furan rings is 1. The van der Waals surface area contributed by atoms with E-state index in [2.05, 4.69) is 27.2 Å². The van der Waals surface area contributed by atoms with Crippen LogP contribution in [0.5, 0.6) is 0 Å². The maximum absolute atomic E-state index is 11.6. The molecule has 6 heteroatoms. The van der Waals surface area contributed by atoms with Crippen molar-refractivity contribution in [1.82, 2.24) is 10.3 Å². The molecule has 0 spiro atoms. The molecule has 0 radical (unpaired) electrons. The van der Waals surface area contributed by atoms with Crippen molar-refractivity contribution in [3.8, 4) is 0 Å². The number of carbonyl (C=O) groups is 1. The first-order valence-corrected chi connectivity index (χ1v) is 7.97. The molecular formula is C15H19N3O2S. The van der Waals surface area contributed by atoms with Crippen molar-refractivity contribution in [3.63, 3.8) is 0 Å². The van der Waals surface area contributed by atoms with Crippen LogP contribution in [0.1, 0.15) is 40.3 Å². The van der Waals surface area contributed by atoms with E-state index < -0.39 is 0 Å². The van der Waals surface area contributed by atoms with Crippen molar-refractivity contribution in [1.29, 1.82) is 0 Å². The van der Waals surface area contributed by atoms with Crippen molar-refractivity contribution in [2.75, 3.05) is 0 Å². The lowest BCUT2D eigenvalue weighted by atomic mass is 10.2. The summed E-state index contributed by atoms with van der Waals surface area (Å²) in [6.45, 7) is 3.43. The molecule has 2 heterocycles. The summed E-state index contributed by atoms with van der Waals surface area (Å²) in [4.78, 5) is 14.0. The first-order valence-electron chi connectivity index (χ1n) is 7.02. The summed E-state index contributed by atoms with van der Waals surface area (Å²) >= 11 is 1.72. The summed E-state index contributed by atoms with van der Waals surface area (Å²) in [5.74, 6) is 6.30. The number of carbonyl (C=O) groups excluding carboxylic acids is 1. The SMILES string of the molecule is Cc1oc(CN(Cc2ccsc2)C2CC2)cc1C(=O)NN. The Hall–Kier alpha value is -1.63. The standard InChI is InChI=1S/C15H19N3O2S/c1-10-14(15(19)17-16)6-13(20-10)8-18(12-2-3-12)7-11-4-5-21-9-11/h4-6,9,12H,2-3,7-8,16H2,1H3,(H,17,19). The van der Waals surface area contributed by atoms with Crippen LogP contribution in [0.15, 0.2) is 27.3 Å². The highest BCUT2D eigenvalue weighted by molar-refractivity contribution is 7.07. The fourth-order valence-electron chi connectivity index (χ4n) is 2.50. The first-order chi connectivity index (χ1) is 10.2. The number of nitrogens with zero attached hydrogens (tertiary/aromatic N) is 1. The fraction of sp³-hybridized carbons (Fsp3) is 0.400. The average Bonchev–Trinajstić information content (AvgIpc) is 3.08. The highest BCUT2D eigenvalue weighted by Crippen LogP contribution is 2.31. The Morgan fingerprint density at radius 1 is 1.52 bits per heavy atom. The van der Waals surface area contributed by atoms with Gasteiger partial charge in [0, 0.05) is 12.6 Å². The Bertz CT molecular complexity index is 617. The van der Waals surface area contributed by atoms with Gasteiger partial charge in [0.25, 0.3) is 5.91 Å². The molecule has 1 fully saturated rings. The Labute approximate surface area is 127 Å². The molecule has 21 heavy (non-hydrogen) atoms. The third-order valence-corrected chi connectivity index (χ3v) is 4.46. The van der Waals surface area contributed by atoms with E-state index in [0.29, 0.717) is 17.4 Å². The summed E-state index contributed by atoms with van der Waals surface area (Å²) in [6.07, 6.45) is 2.47. The largest absolute Gasteiger partial charge is 0.464 e.